The minimum atomic E-state index is -0.361. The number of methoxy groups -OCH3 is 1. The molecule has 0 fully saturated rings. The third-order valence-corrected chi connectivity index (χ3v) is 2.60. The van der Waals surface area contributed by atoms with E-state index in [1.807, 2.05) is 12.1 Å². The van der Waals surface area contributed by atoms with Gasteiger partial charge in [0.15, 0.2) is 6.61 Å². The van der Waals surface area contributed by atoms with Crippen LogP contribution in [-0.4, -0.2) is 45.2 Å². The van der Waals surface area contributed by atoms with Gasteiger partial charge in [-0.2, -0.15) is 0 Å². The van der Waals surface area contributed by atoms with E-state index in [-0.39, 0.29) is 25.0 Å². The quantitative estimate of drug-likeness (QED) is 0.528. The van der Waals surface area contributed by atoms with Crippen molar-refractivity contribution >= 4 is 11.8 Å². The fourth-order valence-corrected chi connectivity index (χ4v) is 1.46. The molecule has 0 saturated carbocycles. The van der Waals surface area contributed by atoms with Gasteiger partial charge in [0, 0.05) is 20.2 Å². The largest absolute Gasteiger partial charge is 0.484 e. The van der Waals surface area contributed by atoms with Crippen LogP contribution < -0.4 is 21.1 Å². The zero-order valence-electron chi connectivity index (χ0n) is 12.1. The molecule has 0 aromatic heterocycles. The zero-order valence-corrected chi connectivity index (χ0v) is 12.1. The van der Waals surface area contributed by atoms with E-state index < -0.39 is 0 Å². The number of nitrogens with one attached hydrogen (secondary N) is 2. The van der Waals surface area contributed by atoms with Gasteiger partial charge >= 0.3 is 0 Å². The maximum Gasteiger partial charge on any atom is 0.258 e. The molecule has 0 unspecified atom stereocenters. The first-order chi connectivity index (χ1) is 10.2. The highest BCUT2D eigenvalue weighted by Crippen LogP contribution is 2.11. The van der Waals surface area contributed by atoms with Gasteiger partial charge in [0.25, 0.3) is 5.91 Å². The molecule has 116 valence electrons. The molecule has 0 aliphatic heterocycles. The highest BCUT2D eigenvalue weighted by atomic mass is 16.5. The van der Waals surface area contributed by atoms with Crippen molar-refractivity contribution in [3.8, 4) is 5.75 Å². The molecule has 0 spiro atoms. The molecule has 0 aliphatic carbocycles. The summed E-state index contributed by atoms with van der Waals surface area (Å²) in [6.45, 7) is 1.07. The number of carbonyl (C=O) groups is 2. The van der Waals surface area contributed by atoms with Gasteiger partial charge < -0.3 is 25.8 Å². The van der Waals surface area contributed by atoms with Gasteiger partial charge in [0.1, 0.15) is 5.75 Å². The lowest BCUT2D eigenvalue weighted by molar-refractivity contribution is -0.127. The van der Waals surface area contributed by atoms with Crippen molar-refractivity contribution in [2.45, 2.75) is 6.54 Å². The summed E-state index contributed by atoms with van der Waals surface area (Å²) in [4.78, 5) is 22.8. The van der Waals surface area contributed by atoms with Crippen molar-refractivity contribution in [1.29, 1.82) is 0 Å². The minimum Gasteiger partial charge on any atom is -0.484 e. The van der Waals surface area contributed by atoms with Crippen molar-refractivity contribution < 1.29 is 19.1 Å². The molecule has 0 radical (unpaired) electrons. The van der Waals surface area contributed by atoms with Crippen LogP contribution in [0.15, 0.2) is 24.3 Å². The SMILES string of the molecule is COCCNC(=O)CNC(=O)COc1ccc(CN)cc1. The zero-order chi connectivity index (χ0) is 15.5. The van der Waals surface area contributed by atoms with E-state index in [1.165, 1.54) is 0 Å². The van der Waals surface area contributed by atoms with Crippen molar-refractivity contribution in [3.63, 3.8) is 0 Å². The summed E-state index contributed by atoms with van der Waals surface area (Å²) in [6, 6.07) is 7.15. The van der Waals surface area contributed by atoms with E-state index in [0.717, 1.165) is 5.56 Å². The molecule has 1 aromatic carbocycles. The lowest BCUT2D eigenvalue weighted by Crippen LogP contribution is -2.39. The van der Waals surface area contributed by atoms with E-state index in [1.54, 1.807) is 19.2 Å². The number of carbonyl (C=O) groups excluding carboxylic acids is 2. The molecule has 7 heteroatoms. The Kier molecular flexibility index (Phi) is 7.85. The second-order valence-electron chi connectivity index (χ2n) is 4.26. The van der Waals surface area contributed by atoms with Crippen LogP contribution in [0.4, 0.5) is 0 Å². The maximum absolute atomic E-state index is 11.5. The van der Waals surface area contributed by atoms with Gasteiger partial charge in [-0.15, -0.1) is 0 Å². The first-order valence-corrected chi connectivity index (χ1v) is 6.60. The van der Waals surface area contributed by atoms with Crippen LogP contribution in [0.25, 0.3) is 0 Å². The molecule has 7 nitrogen and oxygen atoms in total. The van der Waals surface area contributed by atoms with Crippen molar-refractivity contribution in [1.82, 2.24) is 10.6 Å². The number of hydrogen-bond acceptors (Lipinski definition) is 5. The standard InChI is InChI=1S/C14H21N3O4/c1-20-7-6-16-13(18)9-17-14(19)10-21-12-4-2-11(8-15)3-5-12/h2-5H,6-10,15H2,1H3,(H,16,18)(H,17,19). The first kappa shape index (κ1) is 16.9. The molecule has 0 saturated heterocycles. The smallest absolute Gasteiger partial charge is 0.258 e. The average Bonchev–Trinajstić information content (AvgIpc) is 2.51. The molecule has 0 heterocycles. The Morgan fingerprint density at radius 1 is 1.14 bits per heavy atom. The van der Waals surface area contributed by atoms with Crippen molar-refractivity contribution in [3.05, 3.63) is 29.8 Å². The Morgan fingerprint density at radius 2 is 1.86 bits per heavy atom. The van der Waals surface area contributed by atoms with E-state index in [2.05, 4.69) is 10.6 Å². The second kappa shape index (κ2) is 9.73. The summed E-state index contributed by atoms with van der Waals surface area (Å²) in [5, 5.41) is 5.06. The van der Waals surface area contributed by atoms with Gasteiger partial charge in [-0.05, 0) is 17.7 Å². The van der Waals surface area contributed by atoms with Gasteiger partial charge in [-0.1, -0.05) is 12.1 Å². The molecule has 21 heavy (non-hydrogen) atoms. The topological polar surface area (TPSA) is 103 Å². The van der Waals surface area contributed by atoms with E-state index in [0.29, 0.717) is 25.4 Å². The number of benzene rings is 1. The fourth-order valence-electron chi connectivity index (χ4n) is 1.46. The molecule has 1 aromatic rings. The Hall–Kier alpha value is -2.12. The van der Waals surface area contributed by atoms with Crippen LogP contribution >= 0.6 is 0 Å². The molecular formula is C14H21N3O4. The Bertz CT molecular complexity index is 448. The molecule has 2 amide bonds. The Morgan fingerprint density at radius 3 is 2.48 bits per heavy atom. The summed E-state index contributed by atoms with van der Waals surface area (Å²) < 4.78 is 10.1. The molecule has 4 N–H and O–H groups in total. The first-order valence-electron chi connectivity index (χ1n) is 6.60. The van der Waals surface area contributed by atoms with E-state index in [9.17, 15) is 9.59 Å². The molecule has 1 rings (SSSR count). The van der Waals surface area contributed by atoms with Crippen LogP contribution in [0.3, 0.4) is 0 Å². The Labute approximate surface area is 123 Å². The van der Waals surface area contributed by atoms with Crippen LogP contribution in [0, 0.1) is 0 Å². The fraction of sp³-hybridized carbons (Fsp3) is 0.429. The lowest BCUT2D eigenvalue weighted by atomic mass is 10.2. The maximum atomic E-state index is 11.5. The Balaban J connectivity index is 2.19. The number of ether oxygens (including phenoxy) is 2. The second-order valence-corrected chi connectivity index (χ2v) is 4.26. The molecule has 0 bridgehead atoms. The number of rotatable bonds is 9. The van der Waals surface area contributed by atoms with Crippen molar-refractivity contribution in [2.24, 2.45) is 5.73 Å². The van der Waals surface area contributed by atoms with Crippen LogP contribution in [0.5, 0.6) is 5.75 Å². The third kappa shape index (κ3) is 7.28. The van der Waals surface area contributed by atoms with E-state index in [4.69, 9.17) is 15.2 Å². The average molecular weight is 295 g/mol. The highest BCUT2D eigenvalue weighted by molar-refractivity contribution is 5.85. The summed E-state index contributed by atoms with van der Waals surface area (Å²) in [7, 11) is 1.55. The number of hydrogen-bond donors (Lipinski definition) is 3. The summed E-state index contributed by atoms with van der Waals surface area (Å²) in [6.07, 6.45) is 0. The minimum absolute atomic E-state index is 0.0853. The lowest BCUT2D eigenvalue weighted by Gasteiger charge is -2.08. The van der Waals surface area contributed by atoms with Crippen LogP contribution in [0.2, 0.25) is 0 Å². The third-order valence-electron chi connectivity index (χ3n) is 2.60. The summed E-state index contributed by atoms with van der Waals surface area (Å²) in [5.74, 6) is -0.0561. The van der Waals surface area contributed by atoms with Gasteiger partial charge in [0.2, 0.25) is 5.91 Å². The molecule has 0 atom stereocenters. The summed E-state index contributed by atoms with van der Waals surface area (Å²) >= 11 is 0. The van der Waals surface area contributed by atoms with Crippen LogP contribution in [0.1, 0.15) is 5.56 Å². The monoisotopic (exact) mass is 295 g/mol. The number of amides is 2. The van der Waals surface area contributed by atoms with Gasteiger partial charge in [0.05, 0.1) is 13.2 Å². The van der Waals surface area contributed by atoms with Crippen molar-refractivity contribution in [2.75, 3.05) is 33.4 Å². The highest BCUT2D eigenvalue weighted by Gasteiger charge is 2.06. The predicted molar refractivity (Wildman–Crippen MR) is 77.7 cm³/mol. The predicted octanol–water partition coefficient (Wildman–Crippen LogP) is -0.597. The number of nitrogens with two attached hydrogens (primary N) is 1. The van der Waals surface area contributed by atoms with Gasteiger partial charge in [-0.3, -0.25) is 9.59 Å². The summed E-state index contributed by atoms with van der Waals surface area (Å²) in [5.41, 5.74) is 6.47. The van der Waals surface area contributed by atoms with Crippen LogP contribution in [-0.2, 0) is 20.9 Å². The molecular weight excluding hydrogens is 274 g/mol. The van der Waals surface area contributed by atoms with Gasteiger partial charge in [-0.25, -0.2) is 0 Å². The van der Waals surface area contributed by atoms with E-state index >= 15 is 0 Å². The molecule has 0 aliphatic rings. The normalized spacial score (nSPS) is 10.0.